The quantitative estimate of drug-likeness (QED) is 0.766. The summed E-state index contributed by atoms with van der Waals surface area (Å²) < 4.78 is 5.48. The number of likely N-dealkylation sites (N-methyl/N-ethyl adjacent to an activating group) is 1. The molecule has 0 spiro atoms. The Kier molecular flexibility index (Phi) is 5.77. The molecule has 1 heterocycles. The fourth-order valence-corrected chi connectivity index (χ4v) is 4.22. The molecule has 2 atom stereocenters. The molecule has 4 heteroatoms. The molecular weight excluding hydrogens is 300 g/mol. The lowest BCUT2D eigenvalue weighted by molar-refractivity contribution is 0.200. The number of benzene rings is 1. The second kappa shape index (κ2) is 8.02. The first-order chi connectivity index (χ1) is 11.7. The lowest BCUT2D eigenvalue weighted by Crippen LogP contribution is -2.30. The summed E-state index contributed by atoms with van der Waals surface area (Å²) in [5, 5.41) is 2.85. The Morgan fingerprint density at radius 2 is 2.17 bits per heavy atom. The number of hydrogen-bond donors (Lipinski definition) is 1. The molecule has 24 heavy (non-hydrogen) atoms. The highest BCUT2D eigenvalue weighted by Crippen LogP contribution is 2.44. The first kappa shape index (κ1) is 17.3. The molecule has 2 aliphatic rings. The molecule has 0 aromatic heterocycles. The van der Waals surface area contributed by atoms with Gasteiger partial charge in [-0.3, -0.25) is 4.90 Å². The predicted molar refractivity (Wildman–Crippen MR) is 96.7 cm³/mol. The molecule has 1 aliphatic carbocycles. The van der Waals surface area contributed by atoms with Crippen LogP contribution < -0.4 is 10.1 Å². The van der Waals surface area contributed by atoms with Crippen molar-refractivity contribution in [1.29, 1.82) is 0 Å². The van der Waals surface area contributed by atoms with Gasteiger partial charge in [-0.05, 0) is 55.6 Å². The minimum Gasteiger partial charge on any atom is -0.410 e. The van der Waals surface area contributed by atoms with E-state index in [9.17, 15) is 4.79 Å². The Morgan fingerprint density at radius 3 is 2.96 bits per heavy atom. The molecule has 0 bridgehead atoms. The average Bonchev–Trinajstić information content (AvgIpc) is 3.13. The van der Waals surface area contributed by atoms with E-state index in [1.807, 2.05) is 6.07 Å². The first-order valence-electron chi connectivity index (χ1n) is 9.55. The third-order valence-electron chi connectivity index (χ3n) is 5.52. The van der Waals surface area contributed by atoms with E-state index < -0.39 is 0 Å². The van der Waals surface area contributed by atoms with Crippen LogP contribution in [-0.4, -0.2) is 36.7 Å². The molecule has 132 valence electrons. The van der Waals surface area contributed by atoms with E-state index in [2.05, 4.69) is 36.2 Å². The highest BCUT2D eigenvalue weighted by Gasteiger charge is 2.40. The molecule has 0 radical (unpaired) electrons. The predicted octanol–water partition coefficient (Wildman–Crippen LogP) is 4.09. The van der Waals surface area contributed by atoms with Gasteiger partial charge < -0.3 is 10.1 Å². The van der Waals surface area contributed by atoms with Gasteiger partial charge in [0.1, 0.15) is 5.75 Å². The summed E-state index contributed by atoms with van der Waals surface area (Å²) in [7, 11) is 0. The van der Waals surface area contributed by atoms with Crippen molar-refractivity contribution in [3.8, 4) is 5.75 Å². The summed E-state index contributed by atoms with van der Waals surface area (Å²) in [5.74, 6) is 1.29. The van der Waals surface area contributed by atoms with Gasteiger partial charge in [0.15, 0.2) is 0 Å². The lowest BCUT2D eigenvalue weighted by atomic mass is 9.98. The van der Waals surface area contributed by atoms with Gasteiger partial charge in [0.25, 0.3) is 0 Å². The average molecular weight is 330 g/mol. The van der Waals surface area contributed by atoms with Gasteiger partial charge in [-0.25, -0.2) is 4.79 Å². The van der Waals surface area contributed by atoms with Crippen molar-refractivity contribution in [2.24, 2.45) is 0 Å². The molecule has 1 N–H and O–H groups in total. The zero-order valence-electron chi connectivity index (χ0n) is 15.0. The fourth-order valence-electron chi connectivity index (χ4n) is 4.22. The van der Waals surface area contributed by atoms with Crippen LogP contribution in [0.2, 0.25) is 0 Å². The molecule has 0 saturated carbocycles. The van der Waals surface area contributed by atoms with Crippen LogP contribution in [0.5, 0.6) is 5.75 Å². The van der Waals surface area contributed by atoms with Crippen LogP contribution in [0.4, 0.5) is 4.79 Å². The maximum absolute atomic E-state index is 11.9. The number of likely N-dealkylation sites (tertiary alicyclic amines) is 1. The second-order valence-electron chi connectivity index (χ2n) is 7.03. The molecule has 1 aromatic rings. The van der Waals surface area contributed by atoms with Crippen LogP contribution in [0.1, 0.15) is 63.0 Å². The summed E-state index contributed by atoms with van der Waals surface area (Å²) in [6.45, 7) is 7.43. The largest absolute Gasteiger partial charge is 0.412 e. The Bertz CT molecular complexity index is 573. The normalized spacial score (nSPS) is 22.2. The van der Waals surface area contributed by atoms with Gasteiger partial charge in [0.05, 0.1) is 0 Å². The monoisotopic (exact) mass is 330 g/mol. The van der Waals surface area contributed by atoms with Crippen LogP contribution in [0.25, 0.3) is 0 Å². The minimum atomic E-state index is -0.331. The van der Waals surface area contributed by atoms with E-state index in [0.717, 1.165) is 25.8 Å². The van der Waals surface area contributed by atoms with Crippen LogP contribution in [0, 0.1) is 0 Å². The number of rotatable bonds is 7. The van der Waals surface area contributed by atoms with E-state index in [1.165, 1.54) is 36.9 Å². The summed E-state index contributed by atoms with van der Waals surface area (Å²) in [5.41, 5.74) is 2.82. The Labute approximate surface area is 145 Å². The van der Waals surface area contributed by atoms with Gasteiger partial charge in [0, 0.05) is 18.5 Å². The maximum Gasteiger partial charge on any atom is 0.412 e. The van der Waals surface area contributed by atoms with Crippen molar-refractivity contribution in [3.63, 3.8) is 0 Å². The zero-order valence-corrected chi connectivity index (χ0v) is 15.0. The number of fused-ring (bicyclic) bond motifs is 3. The van der Waals surface area contributed by atoms with E-state index in [1.54, 1.807) is 0 Å². The standard InChI is InChI=1S/C20H30N2O2/c1-3-5-6-7-11-21-20(23)24-16-9-8-15-13-19-17(18(15)14-16)10-12-22(19)4-2/h8-9,14,17,19H,3-7,10-13H2,1-2H3,(H,21,23)/t17-,19+/m0/s1. The smallest absolute Gasteiger partial charge is 0.410 e. The van der Waals surface area contributed by atoms with Crippen molar-refractivity contribution in [2.45, 2.75) is 64.3 Å². The molecule has 1 aromatic carbocycles. The van der Waals surface area contributed by atoms with Gasteiger partial charge in [0.2, 0.25) is 0 Å². The lowest BCUT2D eigenvalue weighted by Gasteiger charge is -2.21. The number of amides is 1. The summed E-state index contributed by atoms with van der Waals surface area (Å²) in [4.78, 5) is 14.5. The third-order valence-corrected chi connectivity index (χ3v) is 5.52. The van der Waals surface area contributed by atoms with E-state index in [0.29, 0.717) is 24.3 Å². The molecule has 1 fully saturated rings. The third kappa shape index (κ3) is 3.75. The molecule has 4 nitrogen and oxygen atoms in total. The summed E-state index contributed by atoms with van der Waals surface area (Å²) >= 11 is 0. The topological polar surface area (TPSA) is 41.6 Å². The Morgan fingerprint density at radius 1 is 1.29 bits per heavy atom. The van der Waals surface area contributed by atoms with Crippen LogP contribution in [0.3, 0.4) is 0 Å². The zero-order chi connectivity index (χ0) is 16.9. The van der Waals surface area contributed by atoms with Gasteiger partial charge in [-0.1, -0.05) is 39.2 Å². The fraction of sp³-hybridized carbons (Fsp3) is 0.650. The van der Waals surface area contributed by atoms with Crippen molar-refractivity contribution in [1.82, 2.24) is 10.2 Å². The number of hydrogen-bond acceptors (Lipinski definition) is 3. The highest BCUT2D eigenvalue weighted by atomic mass is 16.6. The van der Waals surface area contributed by atoms with Crippen molar-refractivity contribution in [2.75, 3.05) is 19.6 Å². The number of unbranched alkanes of at least 4 members (excludes halogenated alkanes) is 3. The molecule has 1 aliphatic heterocycles. The SMILES string of the molecule is CCCCCCNC(=O)Oc1ccc2c(c1)[C@@H]1CCN(CC)[C@@H]1C2. The van der Waals surface area contributed by atoms with E-state index >= 15 is 0 Å². The maximum atomic E-state index is 11.9. The number of nitrogens with one attached hydrogen (secondary N) is 1. The van der Waals surface area contributed by atoms with E-state index in [-0.39, 0.29) is 6.09 Å². The molecule has 1 saturated heterocycles. The number of carbonyl (C=O) groups is 1. The molecule has 1 amide bonds. The van der Waals surface area contributed by atoms with Gasteiger partial charge in [-0.15, -0.1) is 0 Å². The van der Waals surface area contributed by atoms with Crippen molar-refractivity contribution in [3.05, 3.63) is 29.3 Å². The summed E-state index contributed by atoms with van der Waals surface area (Å²) in [6.07, 6.45) is 6.63. The molecule has 0 unspecified atom stereocenters. The summed E-state index contributed by atoms with van der Waals surface area (Å²) in [6, 6.07) is 6.82. The van der Waals surface area contributed by atoms with Crippen molar-refractivity contribution < 1.29 is 9.53 Å². The Balaban J connectivity index is 1.54. The highest BCUT2D eigenvalue weighted by molar-refractivity contribution is 5.70. The van der Waals surface area contributed by atoms with Gasteiger partial charge in [-0.2, -0.15) is 0 Å². The minimum absolute atomic E-state index is 0.331. The number of ether oxygens (including phenoxy) is 1. The first-order valence-corrected chi connectivity index (χ1v) is 9.55. The van der Waals surface area contributed by atoms with Crippen LogP contribution in [0.15, 0.2) is 18.2 Å². The number of carbonyl (C=O) groups excluding carboxylic acids is 1. The molecular formula is C20H30N2O2. The second-order valence-corrected chi connectivity index (χ2v) is 7.03. The Hall–Kier alpha value is -1.55. The van der Waals surface area contributed by atoms with Crippen LogP contribution >= 0.6 is 0 Å². The molecule has 3 rings (SSSR count). The van der Waals surface area contributed by atoms with Gasteiger partial charge >= 0.3 is 6.09 Å². The number of nitrogens with zero attached hydrogens (tertiary/aromatic N) is 1. The van der Waals surface area contributed by atoms with Crippen molar-refractivity contribution >= 4 is 6.09 Å². The van der Waals surface area contributed by atoms with E-state index in [4.69, 9.17) is 4.74 Å². The van der Waals surface area contributed by atoms with Crippen LogP contribution in [-0.2, 0) is 6.42 Å².